The van der Waals surface area contributed by atoms with Gasteiger partial charge in [-0.15, -0.1) is 5.10 Å². The Hall–Kier alpha value is -1.14. The molecule has 1 N–H and O–H groups in total. The second-order valence-electron chi connectivity index (χ2n) is 6.00. The van der Waals surface area contributed by atoms with Gasteiger partial charge in [0.25, 0.3) is 0 Å². The van der Waals surface area contributed by atoms with Gasteiger partial charge in [-0.25, -0.2) is 4.52 Å². The predicted molar refractivity (Wildman–Crippen MR) is 86.7 cm³/mol. The maximum atomic E-state index is 4.76. The molecule has 2 fully saturated rings. The third kappa shape index (κ3) is 2.44. The van der Waals surface area contributed by atoms with Crippen LogP contribution in [0.25, 0.3) is 5.65 Å². The number of hydrogen-bond acceptors (Lipinski definition) is 4. The minimum atomic E-state index is 0.539. The van der Waals surface area contributed by atoms with Gasteiger partial charge >= 0.3 is 0 Å². The summed E-state index contributed by atoms with van der Waals surface area (Å²) in [4.78, 5) is 7.18. The van der Waals surface area contributed by atoms with Crippen LogP contribution in [0.5, 0.6) is 0 Å². The van der Waals surface area contributed by atoms with E-state index in [-0.39, 0.29) is 0 Å². The van der Waals surface area contributed by atoms with Gasteiger partial charge in [-0.2, -0.15) is 4.98 Å². The average Bonchev–Trinajstić information content (AvgIpc) is 3.17. The molecule has 0 spiro atoms. The molecule has 2 saturated heterocycles. The molecule has 112 valence electrons. The Morgan fingerprint density at radius 3 is 3.00 bits per heavy atom. The molecule has 21 heavy (non-hydrogen) atoms. The van der Waals surface area contributed by atoms with Crippen LogP contribution >= 0.6 is 15.9 Å². The fourth-order valence-electron chi connectivity index (χ4n) is 3.65. The number of anilines is 1. The largest absolute Gasteiger partial charge is 0.335 e. The maximum Gasteiger partial charge on any atom is 0.246 e. The highest BCUT2D eigenvalue weighted by Gasteiger charge is 2.33. The fraction of sp³-hybridized carbons (Fsp3) is 0.600. The summed E-state index contributed by atoms with van der Waals surface area (Å²) in [6.07, 6.45) is 8.32. The molecule has 0 amide bonds. The van der Waals surface area contributed by atoms with Gasteiger partial charge in [-0.1, -0.05) is 0 Å². The molecule has 2 unspecified atom stereocenters. The number of halogens is 1. The quantitative estimate of drug-likeness (QED) is 0.905. The van der Waals surface area contributed by atoms with Crippen LogP contribution in [0.4, 0.5) is 5.95 Å². The second kappa shape index (κ2) is 5.57. The van der Waals surface area contributed by atoms with Gasteiger partial charge in [0, 0.05) is 24.8 Å². The standard InChI is InChI=1S/C15H20BrN5/c16-11-5-4-10-21-14(11)18-15(19-21)20-9-2-1-7-13(20)12-6-3-8-17-12/h4-5,10,12-13,17H,1-3,6-9H2. The SMILES string of the molecule is Brc1cccn2nc(N3CCCCC3C3CCCN3)nc12. The highest BCUT2D eigenvalue weighted by molar-refractivity contribution is 9.10. The number of fused-ring (bicyclic) bond motifs is 1. The second-order valence-corrected chi connectivity index (χ2v) is 6.85. The number of rotatable bonds is 2. The molecule has 2 atom stereocenters. The molecule has 0 aliphatic carbocycles. The zero-order chi connectivity index (χ0) is 14.2. The first-order valence-electron chi connectivity index (χ1n) is 7.84. The Bertz CT molecular complexity index is 634. The van der Waals surface area contributed by atoms with E-state index in [4.69, 9.17) is 10.1 Å². The predicted octanol–water partition coefficient (Wildman–Crippen LogP) is 2.60. The van der Waals surface area contributed by atoms with Crippen LogP contribution in [0.2, 0.25) is 0 Å². The third-order valence-corrected chi connectivity index (χ3v) is 5.29. The van der Waals surface area contributed by atoms with Crippen LogP contribution in [0.15, 0.2) is 22.8 Å². The number of nitrogens with zero attached hydrogens (tertiary/aromatic N) is 4. The molecule has 2 aromatic rings. The van der Waals surface area contributed by atoms with Gasteiger partial charge in [0.15, 0.2) is 5.65 Å². The van der Waals surface area contributed by atoms with Gasteiger partial charge in [0.1, 0.15) is 0 Å². The van der Waals surface area contributed by atoms with Gasteiger partial charge in [0.05, 0.1) is 4.47 Å². The van der Waals surface area contributed by atoms with E-state index in [1.54, 1.807) is 0 Å². The number of hydrogen-bond donors (Lipinski definition) is 1. The fourth-order valence-corrected chi connectivity index (χ4v) is 4.07. The van der Waals surface area contributed by atoms with Crippen molar-refractivity contribution in [1.82, 2.24) is 19.9 Å². The topological polar surface area (TPSA) is 45.5 Å². The molecule has 0 saturated carbocycles. The molecule has 4 heterocycles. The Kier molecular flexibility index (Phi) is 3.59. The lowest BCUT2D eigenvalue weighted by Crippen LogP contribution is -2.50. The molecule has 6 heteroatoms. The molecule has 0 bridgehead atoms. The molecule has 2 aromatic heterocycles. The van der Waals surface area contributed by atoms with Crippen molar-refractivity contribution in [1.29, 1.82) is 0 Å². The minimum absolute atomic E-state index is 0.539. The molecule has 0 radical (unpaired) electrons. The van der Waals surface area contributed by atoms with Gasteiger partial charge in [0.2, 0.25) is 5.95 Å². The Labute approximate surface area is 132 Å². The smallest absolute Gasteiger partial charge is 0.246 e. The van der Waals surface area contributed by atoms with Crippen molar-refractivity contribution in [2.45, 2.75) is 44.2 Å². The van der Waals surface area contributed by atoms with Crippen LogP contribution < -0.4 is 10.2 Å². The molecule has 4 rings (SSSR count). The lowest BCUT2D eigenvalue weighted by Gasteiger charge is -2.38. The van der Waals surface area contributed by atoms with Crippen molar-refractivity contribution >= 4 is 27.5 Å². The summed E-state index contributed by atoms with van der Waals surface area (Å²) in [6, 6.07) is 5.14. The van der Waals surface area contributed by atoms with Crippen molar-refractivity contribution in [2.24, 2.45) is 0 Å². The summed E-state index contributed by atoms with van der Waals surface area (Å²) in [5, 5.41) is 8.35. The summed E-state index contributed by atoms with van der Waals surface area (Å²) in [5.41, 5.74) is 0.899. The molecule has 2 aliphatic heterocycles. The van der Waals surface area contributed by atoms with Crippen LogP contribution in [0.1, 0.15) is 32.1 Å². The molecular weight excluding hydrogens is 330 g/mol. The molecule has 0 aromatic carbocycles. The van der Waals surface area contributed by atoms with E-state index in [2.05, 4.69) is 26.1 Å². The van der Waals surface area contributed by atoms with E-state index in [0.717, 1.165) is 29.2 Å². The van der Waals surface area contributed by atoms with Crippen LogP contribution in [0.3, 0.4) is 0 Å². The van der Waals surface area contributed by atoms with Crippen molar-refractivity contribution in [3.8, 4) is 0 Å². The van der Waals surface area contributed by atoms with E-state index >= 15 is 0 Å². The van der Waals surface area contributed by atoms with Crippen molar-refractivity contribution < 1.29 is 0 Å². The number of pyridine rings is 1. The van der Waals surface area contributed by atoms with E-state index < -0.39 is 0 Å². The summed E-state index contributed by atoms with van der Waals surface area (Å²) in [6.45, 7) is 2.22. The highest BCUT2D eigenvalue weighted by atomic mass is 79.9. The lowest BCUT2D eigenvalue weighted by molar-refractivity contribution is 0.374. The first-order valence-corrected chi connectivity index (χ1v) is 8.63. The molecule has 5 nitrogen and oxygen atoms in total. The zero-order valence-corrected chi connectivity index (χ0v) is 13.6. The average molecular weight is 350 g/mol. The lowest BCUT2D eigenvalue weighted by atomic mass is 9.95. The Morgan fingerprint density at radius 1 is 1.24 bits per heavy atom. The summed E-state index contributed by atoms with van der Waals surface area (Å²) >= 11 is 3.56. The first kappa shape index (κ1) is 13.5. The normalized spacial score (nSPS) is 26.6. The summed E-state index contributed by atoms with van der Waals surface area (Å²) < 4.78 is 2.86. The number of aromatic nitrogens is 3. The van der Waals surface area contributed by atoms with E-state index in [9.17, 15) is 0 Å². The van der Waals surface area contributed by atoms with Crippen molar-refractivity contribution in [3.63, 3.8) is 0 Å². The van der Waals surface area contributed by atoms with Gasteiger partial charge < -0.3 is 10.2 Å². The van der Waals surface area contributed by atoms with Gasteiger partial charge in [-0.05, 0) is 66.7 Å². The third-order valence-electron chi connectivity index (χ3n) is 4.67. The van der Waals surface area contributed by atoms with Crippen molar-refractivity contribution in [3.05, 3.63) is 22.8 Å². The monoisotopic (exact) mass is 349 g/mol. The Balaban J connectivity index is 1.69. The number of piperidine rings is 1. The van der Waals surface area contributed by atoms with Crippen LogP contribution in [0, 0.1) is 0 Å². The Morgan fingerprint density at radius 2 is 2.19 bits per heavy atom. The summed E-state index contributed by atoms with van der Waals surface area (Å²) in [5.74, 6) is 0.875. The van der Waals surface area contributed by atoms with Crippen LogP contribution in [-0.2, 0) is 0 Å². The molecular formula is C15H20BrN5. The van der Waals surface area contributed by atoms with Crippen molar-refractivity contribution in [2.75, 3.05) is 18.0 Å². The minimum Gasteiger partial charge on any atom is -0.335 e. The highest BCUT2D eigenvalue weighted by Crippen LogP contribution is 2.28. The zero-order valence-electron chi connectivity index (χ0n) is 12.0. The van der Waals surface area contributed by atoms with Gasteiger partial charge in [-0.3, -0.25) is 0 Å². The molecule has 2 aliphatic rings. The van der Waals surface area contributed by atoms with E-state index in [1.807, 2.05) is 22.8 Å². The van der Waals surface area contributed by atoms with E-state index in [1.165, 1.54) is 32.1 Å². The maximum absolute atomic E-state index is 4.76. The van der Waals surface area contributed by atoms with Crippen LogP contribution in [-0.4, -0.2) is 39.8 Å². The first-order chi connectivity index (χ1) is 10.3. The van der Waals surface area contributed by atoms with E-state index in [0.29, 0.717) is 12.1 Å². The number of nitrogens with one attached hydrogen (secondary N) is 1. The summed E-state index contributed by atoms with van der Waals surface area (Å²) in [7, 11) is 0.